The van der Waals surface area contributed by atoms with Gasteiger partial charge in [0.2, 0.25) is 0 Å². The first kappa shape index (κ1) is 14.2. The van der Waals surface area contributed by atoms with Crippen LogP contribution in [0.1, 0.15) is 64.5 Å². The van der Waals surface area contributed by atoms with Crippen molar-refractivity contribution in [1.29, 1.82) is 0 Å². The van der Waals surface area contributed by atoms with Gasteiger partial charge in [-0.1, -0.05) is 59.7 Å². The molecule has 2 N–H and O–H groups in total. The first-order valence-corrected chi connectivity index (χ1v) is 6.04. The molecule has 1 rings (SSSR count). The van der Waals surface area contributed by atoms with E-state index in [2.05, 4.69) is 47.6 Å². The maximum absolute atomic E-state index is 9.42. The van der Waals surface area contributed by atoms with Crippen LogP contribution in [0.25, 0.3) is 0 Å². The van der Waals surface area contributed by atoms with Crippen LogP contribution in [-0.2, 0) is 10.8 Å². The molecule has 0 aliphatic carbocycles. The van der Waals surface area contributed by atoms with Gasteiger partial charge in [0.15, 0.2) is 6.29 Å². The first-order chi connectivity index (χ1) is 7.53. The van der Waals surface area contributed by atoms with Crippen molar-refractivity contribution in [1.82, 2.24) is 0 Å². The Morgan fingerprint density at radius 2 is 1.41 bits per heavy atom. The number of benzene rings is 1. The van der Waals surface area contributed by atoms with Crippen molar-refractivity contribution in [3.8, 4) is 0 Å². The zero-order valence-corrected chi connectivity index (χ0v) is 11.7. The van der Waals surface area contributed by atoms with Gasteiger partial charge in [-0.15, -0.1) is 0 Å². The van der Waals surface area contributed by atoms with Crippen molar-refractivity contribution in [2.75, 3.05) is 0 Å². The van der Waals surface area contributed by atoms with E-state index < -0.39 is 6.29 Å². The Kier molecular flexibility index (Phi) is 3.70. The van der Waals surface area contributed by atoms with Gasteiger partial charge in [-0.3, -0.25) is 0 Å². The summed E-state index contributed by atoms with van der Waals surface area (Å²) in [5, 5.41) is 18.8. The van der Waals surface area contributed by atoms with E-state index in [1.54, 1.807) is 0 Å². The molecule has 0 saturated heterocycles. The third-order valence-electron chi connectivity index (χ3n) is 3.01. The maximum atomic E-state index is 9.42. The van der Waals surface area contributed by atoms with Crippen molar-refractivity contribution in [2.24, 2.45) is 0 Å². The molecule has 1 aromatic carbocycles. The highest BCUT2D eigenvalue weighted by Gasteiger charge is 2.24. The van der Waals surface area contributed by atoms with Gasteiger partial charge in [0.25, 0.3) is 0 Å². The average Bonchev–Trinajstić information content (AvgIpc) is 2.14. The van der Waals surface area contributed by atoms with Crippen LogP contribution in [0.15, 0.2) is 18.2 Å². The maximum Gasteiger partial charge on any atom is 0.178 e. The third-order valence-corrected chi connectivity index (χ3v) is 3.01. The Morgan fingerprint density at radius 3 is 1.76 bits per heavy atom. The van der Waals surface area contributed by atoms with Gasteiger partial charge in [-0.25, -0.2) is 0 Å². The minimum absolute atomic E-state index is 0.0684. The fourth-order valence-electron chi connectivity index (χ4n) is 1.90. The molecule has 0 unspecified atom stereocenters. The van der Waals surface area contributed by atoms with Crippen molar-refractivity contribution in [2.45, 2.75) is 58.7 Å². The predicted octanol–water partition coefficient (Wildman–Crippen LogP) is 3.26. The van der Waals surface area contributed by atoms with E-state index in [4.69, 9.17) is 0 Å². The molecule has 0 spiro atoms. The molecule has 0 bridgehead atoms. The van der Waals surface area contributed by atoms with Crippen LogP contribution in [0.4, 0.5) is 0 Å². The molecular formula is C15H24O2. The monoisotopic (exact) mass is 236 g/mol. The van der Waals surface area contributed by atoms with Crippen LogP contribution in [-0.4, -0.2) is 10.2 Å². The topological polar surface area (TPSA) is 40.5 Å². The van der Waals surface area contributed by atoms with E-state index in [0.29, 0.717) is 5.56 Å². The van der Waals surface area contributed by atoms with Gasteiger partial charge in [-0.05, 0) is 22.0 Å². The molecule has 0 atom stereocenters. The lowest BCUT2D eigenvalue weighted by atomic mass is 9.78. The smallest absolute Gasteiger partial charge is 0.178 e. The number of hydrogen-bond acceptors (Lipinski definition) is 2. The van der Waals surface area contributed by atoms with Crippen LogP contribution in [0, 0.1) is 0 Å². The van der Waals surface area contributed by atoms with Crippen LogP contribution in [0.3, 0.4) is 0 Å². The summed E-state index contributed by atoms with van der Waals surface area (Å²) in [6.07, 6.45) is -1.40. The summed E-state index contributed by atoms with van der Waals surface area (Å²) >= 11 is 0. The van der Waals surface area contributed by atoms with Crippen molar-refractivity contribution >= 4 is 0 Å². The highest BCUT2D eigenvalue weighted by atomic mass is 16.5. The molecule has 96 valence electrons. The van der Waals surface area contributed by atoms with Gasteiger partial charge in [0.1, 0.15) is 0 Å². The van der Waals surface area contributed by atoms with Gasteiger partial charge >= 0.3 is 0 Å². The van der Waals surface area contributed by atoms with E-state index in [0.717, 1.165) is 5.56 Å². The third kappa shape index (κ3) is 3.30. The van der Waals surface area contributed by atoms with Crippen LogP contribution in [0.5, 0.6) is 0 Å². The molecule has 2 nitrogen and oxygen atoms in total. The normalized spacial score (nSPS) is 13.2. The van der Waals surface area contributed by atoms with E-state index in [1.807, 2.05) is 12.1 Å². The predicted molar refractivity (Wildman–Crippen MR) is 71.0 cm³/mol. The second-order valence-corrected chi connectivity index (χ2v) is 6.68. The average molecular weight is 236 g/mol. The van der Waals surface area contributed by atoms with Gasteiger partial charge < -0.3 is 10.2 Å². The highest BCUT2D eigenvalue weighted by molar-refractivity contribution is 5.39. The molecule has 0 aliphatic heterocycles. The Bertz CT molecular complexity index is 392. The molecule has 2 heteroatoms. The zero-order valence-electron chi connectivity index (χ0n) is 11.7. The molecule has 0 radical (unpaired) electrons. The van der Waals surface area contributed by atoms with Crippen LogP contribution in [0.2, 0.25) is 0 Å². The Labute approximate surface area is 104 Å². The molecular weight excluding hydrogens is 212 g/mol. The summed E-state index contributed by atoms with van der Waals surface area (Å²) in [6.45, 7) is 12.7. The molecule has 0 saturated carbocycles. The van der Waals surface area contributed by atoms with Crippen molar-refractivity contribution in [3.05, 3.63) is 34.9 Å². The number of aliphatic hydroxyl groups excluding tert-OH is 1. The second kappa shape index (κ2) is 4.43. The number of hydrogen-bond donors (Lipinski definition) is 2. The van der Waals surface area contributed by atoms with E-state index in [1.165, 1.54) is 5.56 Å². The quantitative estimate of drug-likeness (QED) is 0.735. The lowest BCUT2D eigenvalue weighted by Crippen LogP contribution is -2.19. The van der Waals surface area contributed by atoms with Crippen LogP contribution >= 0.6 is 0 Å². The summed E-state index contributed by atoms with van der Waals surface area (Å²) < 4.78 is 0. The molecule has 0 aliphatic rings. The molecule has 0 amide bonds. The fraction of sp³-hybridized carbons (Fsp3) is 0.600. The summed E-state index contributed by atoms with van der Waals surface area (Å²) in [7, 11) is 0. The zero-order chi connectivity index (χ0) is 13.4. The highest BCUT2D eigenvalue weighted by Crippen LogP contribution is 2.33. The number of aliphatic hydroxyl groups is 2. The lowest BCUT2D eigenvalue weighted by Gasteiger charge is -2.28. The lowest BCUT2D eigenvalue weighted by molar-refractivity contribution is -0.0436. The standard InChI is InChI=1S/C15H24O2/c1-14(2,3)10-7-8-11(13(16)17)12(9-10)15(4,5)6/h7-9,13,16-17H,1-6H3. The van der Waals surface area contributed by atoms with E-state index in [9.17, 15) is 10.2 Å². The fourth-order valence-corrected chi connectivity index (χ4v) is 1.90. The minimum atomic E-state index is -1.40. The van der Waals surface area contributed by atoms with E-state index >= 15 is 0 Å². The SMILES string of the molecule is CC(C)(C)c1ccc(C(O)O)c(C(C)(C)C)c1. The molecule has 0 fully saturated rings. The second-order valence-electron chi connectivity index (χ2n) is 6.68. The van der Waals surface area contributed by atoms with Gasteiger partial charge in [-0.2, -0.15) is 0 Å². The summed E-state index contributed by atoms with van der Waals surface area (Å²) in [6, 6.07) is 5.89. The van der Waals surface area contributed by atoms with Crippen molar-refractivity contribution in [3.63, 3.8) is 0 Å². The summed E-state index contributed by atoms with van der Waals surface area (Å²) in [5.74, 6) is 0. The van der Waals surface area contributed by atoms with Gasteiger partial charge in [0.05, 0.1) is 0 Å². The Balaban J connectivity index is 3.41. The first-order valence-electron chi connectivity index (χ1n) is 6.04. The number of rotatable bonds is 1. The largest absolute Gasteiger partial charge is 0.364 e. The van der Waals surface area contributed by atoms with Crippen molar-refractivity contribution < 1.29 is 10.2 Å². The van der Waals surface area contributed by atoms with Gasteiger partial charge in [0, 0.05) is 5.56 Å². The summed E-state index contributed by atoms with van der Waals surface area (Å²) in [4.78, 5) is 0. The Morgan fingerprint density at radius 1 is 0.882 bits per heavy atom. The molecule has 17 heavy (non-hydrogen) atoms. The van der Waals surface area contributed by atoms with E-state index in [-0.39, 0.29) is 10.8 Å². The van der Waals surface area contributed by atoms with Crippen LogP contribution < -0.4 is 0 Å². The molecule has 0 aromatic heterocycles. The minimum Gasteiger partial charge on any atom is -0.364 e. The Hall–Kier alpha value is -0.860. The molecule has 0 heterocycles. The molecule has 1 aromatic rings. The summed E-state index contributed by atoms with van der Waals surface area (Å²) in [5.41, 5.74) is 2.79.